The highest BCUT2D eigenvalue weighted by Crippen LogP contribution is 2.51. The third-order valence-electron chi connectivity index (χ3n) is 8.87. The number of likely N-dealkylation sites (tertiary alicyclic amines) is 1. The number of allylic oxidation sites excluding steroid dienone is 2. The lowest BCUT2D eigenvalue weighted by molar-refractivity contribution is -0.143. The fraction of sp³-hybridized carbons (Fsp3) is 0.586. The van der Waals surface area contributed by atoms with Crippen LogP contribution in [0.4, 0.5) is 0 Å². The predicted molar refractivity (Wildman–Crippen MR) is 140 cm³/mol. The standard InChI is InChI=1S/C29H38BNO5/c1-3-19(16-20-9-12-22(32)13-10-20)11-14-25-26-18(2)15-23-27(24(26)17-30(35)36-25)29(34)31(28(23)33)21-7-5-4-6-8-21/h9-10,12-13,16,21,23-25,27,32,35H,3-8,11,14-15,17H2,1-2H3/b19-16+/t23-,24+,25-,27-/m1/s1. The van der Waals surface area contributed by atoms with Gasteiger partial charge in [0.15, 0.2) is 0 Å². The average Bonchev–Trinajstić information content (AvgIpc) is 3.12. The van der Waals surface area contributed by atoms with Crippen molar-refractivity contribution in [3.05, 3.63) is 46.5 Å². The van der Waals surface area contributed by atoms with Crippen molar-refractivity contribution in [2.75, 3.05) is 0 Å². The molecule has 2 amide bonds. The number of phenols is 1. The summed E-state index contributed by atoms with van der Waals surface area (Å²) in [5, 5.41) is 20.2. The average molecular weight is 491 g/mol. The highest BCUT2D eigenvalue weighted by molar-refractivity contribution is 6.43. The van der Waals surface area contributed by atoms with E-state index in [0.717, 1.165) is 61.7 Å². The fourth-order valence-corrected chi connectivity index (χ4v) is 7.12. The van der Waals surface area contributed by atoms with E-state index in [2.05, 4.69) is 19.9 Å². The first-order valence-electron chi connectivity index (χ1n) is 13.8. The third-order valence-corrected chi connectivity index (χ3v) is 8.87. The molecule has 2 aliphatic carbocycles. The molecule has 0 spiro atoms. The molecule has 1 aromatic rings. The van der Waals surface area contributed by atoms with Crippen LogP contribution >= 0.6 is 0 Å². The smallest absolute Gasteiger partial charge is 0.455 e. The molecule has 0 radical (unpaired) electrons. The van der Waals surface area contributed by atoms with Gasteiger partial charge in [-0.15, -0.1) is 0 Å². The highest BCUT2D eigenvalue weighted by Gasteiger charge is 2.57. The molecule has 36 heavy (non-hydrogen) atoms. The summed E-state index contributed by atoms with van der Waals surface area (Å²) in [6.07, 6.45) is 10.5. The molecule has 3 fully saturated rings. The van der Waals surface area contributed by atoms with E-state index < -0.39 is 7.12 Å². The van der Waals surface area contributed by atoms with Gasteiger partial charge in [0, 0.05) is 6.04 Å². The van der Waals surface area contributed by atoms with Gasteiger partial charge in [-0.25, -0.2) is 0 Å². The van der Waals surface area contributed by atoms with Crippen LogP contribution in [0.2, 0.25) is 6.32 Å². The number of hydrogen-bond donors (Lipinski definition) is 2. The van der Waals surface area contributed by atoms with Crippen molar-refractivity contribution < 1.29 is 24.4 Å². The minimum atomic E-state index is -0.923. The van der Waals surface area contributed by atoms with Gasteiger partial charge < -0.3 is 14.8 Å². The Bertz CT molecular complexity index is 1060. The van der Waals surface area contributed by atoms with Gasteiger partial charge >= 0.3 is 7.12 Å². The molecule has 1 saturated carbocycles. The zero-order valence-electron chi connectivity index (χ0n) is 21.5. The summed E-state index contributed by atoms with van der Waals surface area (Å²) in [5.41, 5.74) is 4.61. The summed E-state index contributed by atoms with van der Waals surface area (Å²) in [5.74, 6) is -0.536. The molecular weight excluding hydrogens is 453 g/mol. The topological polar surface area (TPSA) is 87.1 Å². The Morgan fingerprint density at radius 1 is 1.11 bits per heavy atom. The summed E-state index contributed by atoms with van der Waals surface area (Å²) in [6, 6.07) is 7.22. The number of nitrogens with zero attached hydrogens (tertiary/aromatic N) is 1. The van der Waals surface area contributed by atoms with Crippen molar-refractivity contribution >= 4 is 25.0 Å². The molecular formula is C29H38BNO5. The van der Waals surface area contributed by atoms with Crippen molar-refractivity contribution in [2.24, 2.45) is 17.8 Å². The molecule has 4 aliphatic rings. The largest absolute Gasteiger partial charge is 0.508 e. The Balaban J connectivity index is 1.35. The summed E-state index contributed by atoms with van der Waals surface area (Å²) < 4.78 is 6.07. The van der Waals surface area contributed by atoms with Crippen LogP contribution in [-0.4, -0.2) is 46.1 Å². The van der Waals surface area contributed by atoms with Gasteiger partial charge in [-0.1, -0.05) is 55.5 Å². The number of phenolic OH excluding ortho intramolecular Hbond substituents is 1. The van der Waals surface area contributed by atoms with Crippen molar-refractivity contribution in [2.45, 2.75) is 90.1 Å². The Labute approximate surface area is 214 Å². The van der Waals surface area contributed by atoms with E-state index in [0.29, 0.717) is 12.7 Å². The van der Waals surface area contributed by atoms with Crippen LogP contribution in [0, 0.1) is 17.8 Å². The van der Waals surface area contributed by atoms with Crippen molar-refractivity contribution in [3.8, 4) is 5.75 Å². The van der Waals surface area contributed by atoms with Gasteiger partial charge in [0.2, 0.25) is 11.8 Å². The SMILES string of the molecule is CC/C(=C\c1ccc(O)cc1)CC[C@H]1OB(O)C[C@H]2C1=C(C)C[C@H]1C(=O)N(C3CCCCC3)C(=O)[C@H]12. The second-order valence-corrected chi connectivity index (χ2v) is 11.1. The molecule has 0 bridgehead atoms. The third kappa shape index (κ3) is 4.80. The Hall–Kier alpha value is -2.38. The van der Waals surface area contributed by atoms with Crippen molar-refractivity contribution in [1.29, 1.82) is 0 Å². The lowest BCUT2D eigenvalue weighted by Crippen LogP contribution is -2.46. The normalized spacial score (nSPS) is 29.6. The molecule has 2 saturated heterocycles. The first-order valence-corrected chi connectivity index (χ1v) is 13.8. The number of rotatable bonds is 6. The van der Waals surface area contributed by atoms with E-state index in [9.17, 15) is 19.7 Å². The van der Waals surface area contributed by atoms with Crippen LogP contribution < -0.4 is 0 Å². The summed E-state index contributed by atoms with van der Waals surface area (Å²) in [4.78, 5) is 28.8. The van der Waals surface area contributed by atoms with Crippen LogP contribution in [0.1, 0.15) is 77.2 Å². The lowest BCUT2D eigenvalue weighted by atomic mass is 9.58. The van der Waals surface area contributed by atoms with Crippen molar-refractivity contribution in [1.82, 2.24) is 4.90 Å². The fourth-order valence-electron chi connectivity index (χ4n) is 7.12. The van der Waals surface area contributed by atoms with Crippen LogP contribution in [0.3, 0.4) is 0 Å². The van der Waals surface area contributed by atoms with E-state index in [1.54, 1.807) is 17.0 Å². The minimum absolute atomic E-state index is 0.0120. The lowest BCUT2D eigenvalue weighted by Gasteiger charge is -2.42. The zero-order valence-corrected chi connectivity index (χ0v) is 21.5. The predicted octanol–water partition coefficient (Wildman–Crippen LogP) is 5.12. The van der Waals surface area contributed by atoms with Gasteiger partial charge in [-0.2, -0.15) is 0 Å². The molecule has 6 nitrogen and oxygen atoms in total. The number of aromatic hydroxyl groups is 1. The van der Waals surface area contributed by atoms with Crippen LogP contribution in [0.15, 0.2) is 41.0 Å². The van der Waals surface area contributed by atoms with E-state index in [1.165, 1.54) is 12.0 Å². The number of carbonyl (C=O) groups is 2. The van der Waals surface area contributed by atoms with Gasteiger partial charge in [-0.3, -0.25) is 14.5 Å². The first kappa shape index (κ1) is 25.3. The number of imide groups is 1. The van der Waals surface area contributed by atoms with Crippen LogP contribution in [0.5, 0.6) is 5.75 Å². The monoisotopic (exact) mass is 491 g/mol. The summed E-state index contributed by atoms with van der Waals surface area (Å²) in [6.45, 7) is 4.21. The van der Waals surface area contributed by atoms with Crippen LogP contribution in [0.25, 0.3) is 6.08 Å². The van der Waals surface area contributed by atoms with E-state index in [1.807, 2.05) is 12.1 Å². The second-order valence-electron chi connectivity index (χ2n) is 11.1. The maximum atomic E-state index is 13.7. The van der Waals surface area contributed by atoms with E-state index in [-0.39, 0.29) is 47.5 Å². The quantitative estimate of drug-likeness (QED) is 0.328. The summed E-state index contributed by atoms with van der Waals surface area (Å²) >= 11 is 0. The maximum Gasteiger partial charge on any atom is 0.455 e. The number of benzene rings is 1. The van der Waals surface area contributed by atoms with Gasteiger partial charge in [-0.05, 0) is 81.0 Å². The molecule has 0 aromatic heterocycles. The van der Waals surface area contributed by atoms with E-state index >= 15 is 0 Å². The molecule has 192 valence electrons. The first-order chi connectivity index (χ1) is 17.4. The maximum absolute atomic E-state index is 13.7. The molecule has 2 aliphatic heterocycles. The highest BCUT2D eigenvalue weighted by atomic mass is 16.5. The van der Waals surface area contributed by atoms with Crippen molar-refractivity contribution in [3.63, 3.8) is 0 Å². The molecule has 1 aromatic carbocycles. The molecule has 2 heterocycles. The number of hydrogen-bond acceptors (Lipinski definition) is 5. The zero-order chi connectivity index (χ0) is 25.4. The Morgan fingerprint density at radius 3 is 2.53 bits per heavy atom. The number of fused-ring (bicyclic) bond motifs is 3. The summed E-state index contributed by atoms with van der Waals surface area (Å²) in [7, 11) is -0.923. The van der Waals surface area contributed by atoms with Gasteiger partial charge in [0.25, 0.3) is 0 Å². The van der Waals surface area contributed by atoms with Gasteiger partial charge in [0.1, 0.15) is 5.75 Å². The second kappa shape index (κ2) is 10.5. The minimum Gasteiger partial charge on any atom is -0.508 e. The molecule has 0 unspecified atom stereocenters. The number of carbonyl (C=O) groups excluding carboxylic acids is 2. The van der Waals surface area contributed by atoms with E-state index in [4.69, 9.17) is 4.65 Å². The Morgan fingerprint density at radius 2 is 1.83 bits per heavy atom. The van der Waals surface area contributed by atoms with Gasteiger partial charge in [0.05, 0.1) is 17.9 Å². The van der Waals surface area contributed by atoms with Crippen LogP contribution in [-0.2, 0) is 14.2 Å². The molecule has 2 N–H and O–H groups in total. The number of amides is 2. The molecule has 7 heteroatoms. The Kier molecular flexibility index (Phi) is 7.41. The molecule has 5 rings (SSSR count). The molecule has 4 atom stereocenters.